The summed E-state index contributed by atoms with van der Waals surface area (Å²) in [5.74, 6) is -0.399. The van der Waals surface area contributed by atoms with Crippen LogP contribution in [-0.4, -0.2) is 53.5 Å². The summed E-state index contributed by atoms with van der Waals surface area (Å²) in [5.41, 5.74) is 0.295. The molecular formula is C23H32N2O6. The van der Waals surface area contributed by atoms with Crippen molar-refractivity contribution in [2.75, 3.05) is 6.61 Å². The number of carboxylic acid groups (broad SMARTS) is 1. The second kappa shape index (κ2) is 10.2. The first kappa shape index (κ1) is 23.2. The van der Waals surface area contributed by atoms with Crippen LogP contribution in [0.5, 0.6) is 0 Å². The van der Waals surface area contributed by atoms with Crippen molar-refractivity contribution >= 4 is 17.9 Å². The molecule has 1 aromatic rings. The maximum Gasteiger partial charge on any atom is 0.507 e. The highest BCUT2D eigenvalue weighted by molar-refractivity contribution is 5.94. The fourth-order valence-electron chi connectivity index (χ4n) is 5.02. The first-order valence-electron chi connectivity index (χ1n) is 11.0. The standard InChI is InChI=1S/C23H32N2O6/c1-3-30-21(27)18(12-11-16-8-5-4-6-9-16)24-15(2)20(26)23-13-7-10-17(23)14-19(25-23)31-22(28)29/h4-6,8-9,15,17-19,24-25H,3,7,10-14H2,1-2H3,(H,28,29)/t15-,17-,18-,19-,23-/m0/s1. The summed E-state index contributed by atoms with van der Waals surface area (Å²) >= 11 is 0. The van der Waals surface area contributed by atoms with E-state index >= 15 is 0 Å². The van der Waals surface area contributed by atoms with Crippen LogP contribution in [0.1, 0.15) is 51.5 Å². The van der Waals surface area contributed by atoms with Gasteiger partial charge in [0.15, 0.2) is 12.0 Å². The van der Waals surface area contributed by atoms with Gasteiger partial charge in [-0.3, -0.25) is 20.2 Å². The largest absolute Gasteiger partial charge is 0.507 e. The average Bonchev–Trinajstić information content (AvgIpc) is 3.28. The Kier molecular flexibility index (Phi) is 7.67. The van der Waals surface area contributed by atoms with Crippen LogP contribution in [0.25, 0.3) is 0 Å². The van der Waals surface area contributed by atoms with Crippen LogP contribution in [0.2, 0.25) is 0 Å². The molecular weight excluding hydrogens is 400 g/mol. The molecule has 1 saturated heterocycles. The van der Waals surface area contributed by atoms with E-state index in [0.29, 0.717) is 25.7 Å². The molecule has 1 aliphatic carbocycles. The zero-order valence-electron chi connectivity index (χ0n) is 18.1. The second-order valence-corrected chi connectivity index (χ2v) is 8.39. The van der Waals surface area contributed by atoms with Gasteiger partial charge in [0.05, 0.1) is 18.2 Å². The minimum absolute atomic E-state index is 0.0268. The number of hydrogen-bond acceptors (Lipinski definition) is 7. The predicted molar refractivity (Wildman–Crippen MR) is 114 cm³/mol. The molecule has 1 aromatic carbocycles. The van der Waals surface area contributed by atoms with Gasteiger partial charge in [0.2, 0.25) is 0 Å². The van der Waals surface area contributed by atoms with Gasteiger partial charge in [-0.05, 0) is 51.0 Å². The number of carbonyl (C=O) groups is 3. The van der Waals surface area contributed by atoms with E-state index in [1.807, 2.05) is 30.3 Å². The normalized spacial score (nSPS) is 26.6. The molecule has 8 heteroatoms. The fraction of sp³-hybridized carbons (Fsp3) is 0.609. The molecule has 0 unspecified atom stereocenters. The van der Waals surface area contributed by atoms with Crippen molar-refractivity contribution in [3.8, 4) is 0 Å². The molecule has 1 aliphatic heterocycles. The van der Waals surface area contributed by atoms with E-state index in [0.717, 1.165) is 18.4 Å². The molecule has 5 atom stereocenters. The van der Waals surface area contributed by atoms with Crippen molar-refractivity contribution in [1.29, 1.82) is 0 Å². The highest BCUT2D eigenvalue weighted by atomic mass is 16.7. The van der Waals surface area contributed by atoms with E-state index in [-0.39, 0.29) is 24.3 Å². The van der Waals surface area contributed by atoms with Crippen LogP contribution in [0.4, 0.5) is 4.79 Å². The Morgan fingerprint density at radius 1 is 1.29 bits per heavy atom. The van der Waals surface area contributed by atoms with Crippen LogP contribution in [0.15, 0.2) is 30.3 Å². The van der Waals surface area contributed by atoms with Crippen molar-refractivity contribution in [3.05, 3.63) is 35.9 Å². The number of ether oxygens (including phenoxy) is 2. The van der Waals surface area contributed by atoms with Gasteiger partial charge >= 0.3 is 12.1 Å². The third-order valence-corrected chi connectivity index (χ3v) is 6.40. The van der Waals surface area contributed by atoms with Crippen LogP contribution in [0, 0.1) is 5.92 Å². The summed E-state index contributed by atoms with van der Waals surface area (Å²) in [6.07, 6.45) is 2.02. The van der Waals surface area contributed by atoms with Crippen molar-refractivity contribution in [1.82, 2.24) is 10.6 Å². The molecule has 1 heterocycles. The molecule has 0 radical (unpaired) electrons. The third-order valence-electron chi connectivity index (χ3n) is 6.40. The number of benzene rings is 1. The minimum atomic E-state index is -1.35. The van der Waals surface area contributed by atoms with Crippen LogP contribution < -0.4 is 10.6 Å². The number of fused-ring (bicyclic) bond motifs is 1. The van der Waals surface area contributed by atoms with E-state index in [4.69, 9.17) is 14.6 Å². The van der Waals surface area contributed by atoms with Gasteiger partial charge in [-0.1, -0.05) is 36.8 Å². The lowest BCUT2D eigenvalue weighted by molar-refractivity contribution is -0.146. The molecule has 170 valence electrons. The molecule has 0 spiro atoms. The van der Waals surface area contributed by atoms with Gasteiger partial charge in [-0.15, -0.1) is 0 Å². The topological polar surface area (TPSA) is 114 Å². The molecule has 2 aliphatic rings. The van der Waals surface area contributed by atoms with Crippen molar-refractivity contribution < 1.29 is 29.0 Å². The van der Waals surface area contributed by atoms with Gasteiger partial charge in [0.1, 0.15) is 6.04 Å². The number of ketones is 1. The van der Waals surface area contributed by atoms with Crippen LogP contribution in [-0.2, 0) is 25.5 Å². The summed E-state index contributed by atoms with van der Waals surface area (Å²) < 4.78 is 10.1. The zero-order valence-corrected chi connectivity index (χ0v) is 18.1. The number of hydrogen-bond donors (Lipinski definition) is 3. The molecule has 0 bridgehead atoms. The Morgan fingerprint density at radius 3 is 2.71 bits per heavy atom. The summed E-state index contributed by atoms with van der Waals surface area (Å²) in [4.78, 5) is 37.0. The lowest BCUT2D eigenvalue weighted by Gasteiger charge is -2.32. The molecule has 2 fully saturated rings. The number of rotatable bonds is 10. The van der Waals surface area contributed by atoms with Crippen molar-refractivity contribution in [2.24, 2.45) is 5.92 Å². The van der Waals surface area contributed by atoms with Gasteiger partial charge in [0, 0.05) is 6.42 Å². The van der Waals surface area contributed by atoms with Crippen LogP contribution in [0.3, 0.4) is 0 Å². The first-order chi connectivity index (χ1) is 14.9. The SMILES string of the molecule is CCOC(=O)[C@H](CCc1ccccc1)N[C@@H](C)C(=O)[C@]12CCC[C@H]1C[C@H](OC(=O)O)N2. The third kappa shape index (κ3) is 5.43. The Morgan fingerprint density at radius 2 is 2.03 bits per heavy atom. The number of esters is 1. The molecule has 3 N–H and O–H groups in total. The van der Waals surface area contributed by atoms with E-state index < -0.39 is 30.0 Å². The highest BCUT2D eigenvalue weighted by Gasteiger charge is 2.56. The Labute approximate surface area is 182 Å². The lowest BCUT2D eigenvalue weighted by atomic mass is 9.82. The Hall–Kier alpha value is -2.45. The quantitative estimate of drug-likeness (QED) is 0.484. The average molecular weight is 433 g/mol. The zero-order chi connectivity index (χ0) is 22.4. The number of nitrogens with one attached hydrogen (secondary N) is 2. The van der Waals surface area contributed by atoms with Gasteiger partial charge < -0.3 is 14.6 Å². The summed E-state index contributed by atoms with van der Waals surface area (Å²) in [5, 5.41) is 15.3. The Balaban J connectivity index is 1.68. The van der Waals surface area contributed by atoms with E-state index in [1.54, 1.807) is 13.8 Å². The second-order valence-electron chi connectivity index (χ2n) is 8.39. The predicted octanol–water partition coefficient (Wildman–Crippen LogP) is 2.65. The lowest BCUT2D eigenvalue weighted by Crippen LogP contribution is -2.59. The van der Waals surface area contributed by atoms with E-state index in [1.165, 1.54) is 0 Å². The molecule has 1 saturated carbocycles. The molecule has 0 amide bonds. The first-order valence-corrected chi connectivity index (χ1v) is 11.0. The highest BCUT2D eigenvalue weighted by Crippen LogP contribution is 2.45. The maximum atomic E-state index is 13.5. The van der Waals surface area contributed by atoms with E-state index in [2.05, 4.69) is 10.6 Å². The summed E-state index contributed by atoms with van der Waals surface area (Å²) in [6, 6.07) is 8.65. The summed E-state index contributed by atoms with van der Waals surface area (Å²) in [6.45, 7) is 3.79. The van der Waals surface area contributed by atoms with Crippen molar-refractivity contribution in [2.45, 2.75) is 76.2 Å². The fourth-order valence-corrected chi connectivity index (χ4v) is 5.02. The van der Waals surface area contributed by atoms with E-state index in [9.17, 15) is 14.4 Å². The number of Topliss-reactive ketones (excluding diaryl/α,β-unsaturated/α-hetero) is 1. The van der Waals surface area contributed by atoms with Crippen molar-refractivity contribution in [3.63, 3.8) is 0 Å². The molecule has 0 aromatic heterocycles. The van der Waals surface area contributed by atoms with Gasteiger partial charge in [-0.2, -0.15) is 0 Å². The summed E-state index contributed by atoms with van der Waals surface area (Å²) in [7, 11) is 0. The minimum Gasteiger partial charge on any atom is -0.465 e. The molecule has 31 heavy (non-hydrogen) atoms. The van der Waals surface area contributed by atoms with Gasteiger partial charge in [-0.25, -0.2) is 4.79 Å². The monoisotopic (exact) mass is 432 g/mol. The van der Waals surface area contributed by atoms with Crippen LogP contribution >= 0.6 is 0 Å². The van der Waals surface area contributed by atoms with Gasteiger partial charge in [0.25, 0.3) is 0 Å². The molecule has 8 nitrogen and oxygen atoms in total. The Bertz CT molecular complexity index is 786. The number of aryl methyl sites for hydroxylation is 1. The number of carbonyl (C=O) groups excluding carboxylic acids is 2. The maximum absolute atomic E-state index is 13.5. The molecule has 3 rings (SSSR count). The smallest absolute Gasteiger partial charge is 0.465 e.